The number of aryl methyl sites for hydroxylation is 1. The molecule has 0 aromatic carbocycles. The number of hydrogen-bond donors (Lipinski definition) is 0. The van der Waals surface area contributed by atoms with Crippen molar-refractivity contribution in [2.45, 2.75) is 51.5 Å². The third-order valence-corrected chi connectivity index (χ3v) is 5.61. The Kier molecular flexibility index (Phi) is 5.29. The standard InChI is InChI=1S/C20H23F2N5O2/c1-12(27-7-3-6-23-27)10-17(28)26-8-4-14(5-9-26)16-11-15(19(21)22)18-13(2)25-29-20(18)24-16/h3,6-7,11-12,14,19H,4-5,8-10H2,1-2H3. The monoisotopic (exact) mass is 403 g/mol. The number of halogens is 2. The smallest absolute Gasteiger partial charge is 0.264 e. The molecule has 0 N–H and O–H groups in total. The number of alkyl halides is 2. The van der Waals surface area contributed by atoms with Gasteiger partial charge in [0.2, 0.25) is 5.91 Å². The highest BCUT2D eigenvalue weighted by Gasteiger charge is 2.28. The summed E-state index contributed by atoms with van der Waals surface area (Å²) >= 11 is 0. The van der Waals surface area contributed by atoms with E-state index in [4.69, 9.17) is 4.52 Å². The van der Waals surface area contributed by atoms with Crippen molar-refractivity contribution < 1.29 is 18.1 Å². The summed E-state index contributed by atoms with van der Waals surface area (Å²) in [6, 6.07) is 3.29. The summed E-state index contributed by atoms with van der Waals surface area (Å²) in [5.74, 6) is 0.0869. The summed E-state index contributed by atoms with van der Waals surface area (Å²) in [7, 11) is 0. The minimum Gasteiger partial charge on any atom is -0.343 e. The zero-order chi connectivity index (χ0) is 20.5. The van der Waals surface area contributed by atoms with Crippen LogP contribution >= 0.6 is 0 Å². The van der Waals surface area contributed by atoms with Crippen LogP contribution in [0.4, 0.5) is 8.78 Å². The van der Waals surface area contributed by atoms with E-state index in [1.54, 1.807) is 17.8 Å². The van der Waals surface area contributed by atoms with E-state index >= 15 is 0 Å². The van der Waals surface area contributed by atoms with Gasteiger partial charge in [0, 0.05) is 49.1 Å². The highest BCUT2D eigenvalue weighted by molar-refractivity contribution is 5.80. The molecule has 154 valence electrons. The van der Waals surface area contributed by atoms with Gasteiger partial charge in [-0.1, -0.05) is 5.16 Å². The molecule has 9 heteroatoms. The van der Waals surface area contributed by atoms with Crippen molar-refractivity contribution in [3.05, 3.63) is 41.5 Å². The van der Waals surface area contributed by atoms with Crippen molar-refractivity contribution in [2.24, 2.45) is 0 Å². The third kappa shape index (κ3) is 3.86. The van der Waals surface area contributed by atoms with Gasteiger partial charge in [0.05, 0.1) is 17.1 Å². The van der Waals surface area contributed by atoms with Crippen LogP contribution in [0.1, 0.15) is 61.5 Å². The van der Waals surface area contributed by atoms with E-state index in [9.17, 15) is 13.6 Å². The van der Waals surface area contributed by atoms with Crippen LogP contribution < -0.4 is 0 Å². The maximum atomic E-state index is 13.6. The third-order valence-electron chi connectivity index (χ3n) is 5.61. The van der Waals surface area contributed by atoms with Crippen LogP contribution in [0.15, 0.2) is 29.0 Å². The Morgan fingerprint density at radius 2 is 2.10 bits per heavy atom. The Labute approximate surface area is 166 Å². The molecule has 0 aliphatic carbocycles. The van der Waals surface area contributed by atoms with Crippen molar-refractivity contribution >= 4 is 17.0 Å². The van der Waals surface area contributed by atoms with Crippen molar-refractivity contribution in [1.82, 2.24) is 24.8 Å². The molecule has 4 heterocycles. The number of aromatic nitrogens is 4. The summed E-state index contributed by atoms with van der Waals surface area (Å²) in [5.41, 5.74) is 1.07. The normalized spacial score (nSPS) is 16.7. The lowest BCUT2D eigenvalue weighted by Gasteiger charge is -2.32. The van der Waals surface area contributed by atoms with Gasteiger partial charge in [-0.2, -0.15) is 5.10 Å². The summed E-state index contributed by atoms with van der Waals surface area (Å²) in [6.07, 6.45) is 2.65. The average Bonchev–Trinajstić information content (AvgIpc) is 3.38. The number of fused-ring (bicyclic) bond motifs is 1. The number of carbonyl (C=O) groups excluding carboxylic acids is 1. The molecule has 4 rings (SSSR count). The molecule has 0 saturated carbocycles. The zero-order valence-electron chi connectivity index (χ0n) is 16.4. The van der Waals surface area contributed by atoms with Crippen molar-refractivity contribution in [1.29, 1.82) is 0 Å². The fourth-order valence-electron chi connectivity index (χ4n) is 3.97. The van der Waals surface area contributed by atoms with Crippen LogP contribution in [0, 0.1) is 6.92 Å². The molecule has 29 heavy (non-hydrogen) atoms. The zero-order valence-corrected chi connectivity index (χ0v) is 16.4. The molecular weight excluding hydrogens is 380 g/mol. The molecule has 1 fully saturated rings. The second kappa shape index (κ2) is 7.88. The van der Waals surface area contributed by atoms with Gasteiger partial charge in [0.15, 0.2) is 0 Å². The molecule has 1 unspecified atom stereocenters. The second-order valence-corrected chi connectivity index (χ2v) is 7.58. The molecular formula is C20H23F2N5O2. The highest BCUT2D eigenvalue weighted by Crippen LogP contribution is 2.35. The maximum Gasteiger partial charge on any atom is 0.264 e. The fraction of sp³-hybridized carbons (Fsp3) is 0.500. The van der Waals surface area contributed by atoms with Gasteiger partial charge in [-0.05, 0) is 38.8 Å². The molecule has 1 aliphatic rings. The number of likely N-dealkylation sites (tertiary alicyclic amines) is 1. The maximum absolute atomic E-state index is 13.6. The van der Waals surface area contributed by atoms with E-state index < -0.39 is 6.43 Å². The predicted molar refractivity (Wildman–Crippen MR) is 102 cm³/mol. The van der Waals surface area contributed by atoms with Crippen LogP contribution in [0.5, 0.6) is 0 Å². The van der Waals surface area contributed by atoms with Gasteiger partial charge in [-0.3, -0.25) is 9.48 Å². The molecule has 1 amide bonds. The molecule has 1 aliphatic heterocycles. The molecule has 0 bridgehead atoms. The number of piperidine rings is 1. The van der Waals surface area contributed by atoms with Gasteiger partial charge >= 0.3 is 0 Å². The Balaban J connectivity index is 1.44. The molecule has 1 atom stereocenters. The van der Waals surface area contributed by atoms with E-state index in [0.717, 1.165) is 0 Å². The van der Waals surface area contributed by atoms with Crippen LogP contribution in [0.3, 0.4) is 0 Å². The highest BCUT2D eigenvalue weighted by atomic mass is 19.3. The minimum absolute atomic E-state index is 0.00916. The van der Waals surface area contributed by atoms with Crippen LogP contribution in [0.25, 0.3) is 11.1 Å². The lowest BCUT2D eigenvalue weighted by molar-refractivity contribution is -0.133. The second-order valence-electron chi connectivity index (χ2n) is 7.58. The summed E-state index contributed by atoms with van der Waals surface area (Å²) in [5, 5.41) is 8.25. The van der Waals surface area contributed by atoms with Crippen LogP contribution in [0.2, 0.25) is 0 Å². The van der Waals surface area contributed by atoms with E-state index in [1.807, 2.05) is 24.1 Å². The number of pyridine rings is 1. The predicted octanol–water partition coefficient (Wildman–Crippen LogP) is 4.02. The SMILES string of the molecule is Cc1noc2nc(C3CCN(C(=O)CC(C)n4cccn4)CC3)cc(C(F)F)c12. The first-order valence-electron chi connectivity index (χ1n) is 9.76. The molecule has 0 radical (unpaired) electrons. The first-order chi connectivity index (χ1) is 13.9. The van der Waals surface area contributed by atoms with E-state index in [0.29, 0.717) is 49.1 Å². The summed E-state index contributed by atoms with van der Waals surface area (Å²) in [4.78, 5) is 18.9. The Hall–Kier alpha value is -2.84. The van der Waals surface area contributed by atoms with Crippen LogP contribution in [-0.2, 0) is 4.79 Å². The van der Waals surface area contributed by atoms with Gasteiger partial charge in [-0.15, -0.1) is 0 Å². The van der Waals surface area contributed by atoms with Gasteiger partial charge in [-0.25, -0.2) is 13.8 Å². The number of rotatable bonds is 5. The Morgan fingerprint density at radius 1 is 1.34 bits per heavy atom. The Morgan fingerprint density at radius 3 is 2.76 bits per heavy atom. The van der Waals surface area contributed by atoms with Crippen molar-refractivity contribution in [3.8, 4) is 0 Å². The van der Waals surface area contributed by atoms with Gasteiger partial charge < -0.3 is 9.42 Å². The average molecular weight is 403 g/mol. The topological polar surface area (TPSA) is 77.0 Å². The molecule has 3 aromatic rings. The molecule has 1 saturated heterocycles. The van der Waals surface area contributed by atoms with Gasteiger partial charge in [0.25, 0.3) is 12.1 Å². The largest absolute Gasteiger partial charge is 0.343 e. The lowest BCUT2D eigenvalue weighted by Crippen LogP contribution is -2.38. The first kappa shape index (κ1) is 19.5. The first-order valence-corrected chi connectivity index (χ1v) is 9.76. The quantitative estimate of drug-likeness (QED) is 0.643. The molecule has 0 spiro atoms. The number of amides is 1. The minimum atomic E-state index is -2.62. The fourth-order valence-corrected chi connectivity index (χ4v) is 3.97. The summed E-state index contributed by atoms with van der Waals surface area (Å²) < 4.78 is 34.0. The molecule has 3 aromatic heterocycles. The number of carbonyl (C=O) groups is 1. The van der Waals surface area contributed by atoms with Gasteiger partial charge in [0.1, 0.15) is 0 Å². The lowest BCUT2D eigenvalue weighted by atomic mass is 9.91. The van der Waals surface area contributed by atoms with Crippen molar-refractivity contribution in [2.75, 3.05) is 13.1 Å². The number of nitrogens with zero attached hydrogens (tertiary/aromatic N) is 5. The molecule has 7 nitrogen and oxygen atoms in total. The van der Waals surface area contributed by atoms with E-state index in [-0.39, 0.29) is 29.1 Å². The number of hydrogen-bond acceptors (Lipinski definition) is 5. The van der Waals surface area contributed by atoms with E-state index in [1.165, 1.54) is 6.07 Å². The van der Waals surface area contributed by atoms with E-state index in [2.05, 4.69) is 15.2 Å². The van der Waals surface area contributed by atoms with Crippen LogP contribution in [-0.4, -0.2) is 43.8 Å². The summed E-state index contributed by atoms with van der Waals surface area (Å²) in [6.45, 7) is 4.75. The Bertz CT molecular complexity index is 994. The van der Waals surface area contributed by atoms with Crippen molar-refractivity contribution in [3.63, 3.8) is 0 Å².